The molecule has 2 heterocycles. The van der Waals surface area contributed by atoms with Crippen LogP contribution in [0.3, 0.4) is 0 Å². The summed E-state index contributed by atoms with van der Waals surface area (Å²) in [5, 5.41) is 6.94. The average Bonchev–Trinajstić information content (AvgIpc) is 3.19. The largest absolute Gasteiger partial charge is 0.469 e. The first-order valence-electron chi connectivity index (χ1n) is 8.43. The lowest BCUT2D eigenvalue weighted by Gasteiger charge is -2.39. The van der Waals surface area contributed by atoms with Crippen LogP contribution in [0.25, 0.3) is 0 Å². The predicted octanol–water partition coefficient (Wildman–Crippen LogP) is 3.10. The lowest BCUT2D eigenvalue weighted by molar-refractivity contribution is -0.0815. The van der Waals surface area contributed by atoms with Gasteiger partial charge in [0.15, 0.2) is 5.96 Å². The fourth-order valence-electron chi connectivity index (χ4n) is 3.67. The van der Waals surface area contributed by atoms with Crippen LogP contribution in [0.15, 0.2) is 27.8 Å². The molecule has 23 heavy (non-hydrogen) atoms. The van der Waals surface area contributed by atoms with Crippen molar-refractivity contribution in [3.8, 4) is 0 Å². The van der Waals surface area contributed by atoms with E-state index in [9.17, 15) is 0 Å². The van der Waals surface area contributed by atoms with Crippen LogP contribution in [-0.4, -0.2) is 37.8 Å². The number of aliphatic imine (C=N–C) groups is 1. The maximum absolute atomic E-state index is 6.09. The van der Waals surface area contributed by atoms with Gasteiger partial charge in [-0.1, -0.05) is 12.8 Å². The van der Waals surface area contributed by atoms with Gasteiger partial charge in [-0.3, -0.25) is 4.99 Å². The van der Waals surface area contributed by atoms with Crippen molar-refractivity contribution < 1.29 is 9.15 Å². The minimum absolute atomic E-state index is 0. The van der Waals surface area contributed by atoms with Crippen molar-refractivity contribution in [2.75, 3.05) is 20.2 Å². The highest BCUT2D eigenvalue weighted by atomic mass is 127. The zero-order valence-corrected chi connectivity index (χ0v) is 16.2. The van der Waals surface area contributed by atoms with Gasteiger partial charge in [0.25, 0.3) is 0 Å². The standard InChI is InChI=1S/C17H27N3O2.HI/c1-18-16(19-10-6-15-5-4-11-21-15)20-14-7-12-22-17(13-14)8-2-3-9-17;/h4-5,11,14H,2-3,6-10,12-13H2,1H3,(H2,18,19,20);1H. The second-order valence-corrected chi connectivity index (χ2v) is 6.40. The van der Waals surface area contributed by atoms with Crippen LogP contribution in [0.2, 0.25) is 0 Å². The molecule has 1 saturated heterocycles. The minimum Gasteiger partial charge on any atom is -0.469 e. The summed E-state index contributed by atoms with van der Waals surface area (Å²) >= 11 is 0. The van der Waals surface area contributed by atoms with Gasteiger partial charge in [-0.2, -0.15) is 0 Å². The Bertz CT molecular complexity index is 484. The molecule has 0 aromatic carbocycles. The van der Waals surface area contributed by atoms with Crippen molar-refractivity contribution in [2.24, 2.45) is 4.99 Å². The molecule has 6 heteroatoms. The summed E-state index contributed by atoms with van der Waals surface area (Å²) in [5.41, 5.74) is 0.142. The molecule has 1 unspecified atom stereocenters. The van der Waals surface area contributed by atoms with E-state index in [-0.39, 0.29) is 29.6 Å². The molecule has 1 aliphatic heterocycles. The zero-order chi connectivity index (χ0) is 15.3. The molecule has 130 valence electrons. The highest BCUT2D eigenvalue weighted by molar-refractivity contribution is 14.0. The molecule has 0 radical (unpaired) electrons. The monoisotopic (exact) mass is 433 g/mol. The number of guanidine groups is 1. The molecule has 1 aliphatic carbocycles. The SMILES string of the molecule is CN=C(NCCc1ccco1)NC1CCOC2(CCCC2)C1.I. The van der Waals surface area contributed by atoms with Crippen LogP contribution >= 0.6 is 24.0 Å². The van der Waals surface area contributed by atoms with Gasteiger partial charge >= 0.3 is 0 Å². The van der Waals surface area contributed by atoms with Gasteiger partial charge in [0.2, 0.25) is 0 Å². The van der Waals surface area contributed by atoms with Crippen molar-refractivity contribution in [3.05, 3.63) is 24.2 Å². The third-order valence-corrected chi connectivity index (χ3v) is 4.82. The Morgan fingerprint density at radius 3 is 2.91 bits per heavy atom. The van der Waals surface area contributed by atoms with E-state index in [0.717, 1.165) is 44.1 Å². The molecule has 5 nitrogen and oxygen atoms in total. The Kier molecular flexibility index (Phi) is 7.20. The van der Waals surface area contributed by atoms with Gasteiger partial charge in [0.05, 0.1) is 11.9 Å². The van der Waals surface area contributed by atoms with E-state index < -0.39 is 0 Å². The highest BCUT2D eigenvalue weighted by Crippen LogP contribution is 2.39. The Morgan fingerprint density at radius 1 is 1.39 bits per heavy atom. The summed E-state index contributed by atoms with van der Waals surface area (Å²) in [6.07, 6.45) is 9.79. The molecule has 2 aliphatic rings. The first-order valence-corrected chi connectivity index (χ1v) is 8.43. The van der Waals surface area contributed by atoms with Crippen molar-refractivity contribution in [1.82, 2.24) is 10.6 Å². The Morgan fingerprint density at radius 2 is 2.22 bits per heavy atom. The fraction of sp³-hybridized carbons (Fsp3) is 0.706. The lowest BCUT2D eigenvalue weighted by Crippen LogP contribution is -2.50. The smallest absolute Gasteiger partial charge is 0.191 e. The van der Waals surface area contributed by atoms with Crippen molar-refractivity contribution >= 4 is 29.9 Å². The van der Waals surface area contributed by atoms with Crippen LogP contribution in [0, 0.1) is 0 Å². The molecule has 1 aromatic heterocycles. The summed E-state index contributed by atoms with van der Waals surface area (Å²) in [5.74, 6) is 1.88. The maximum atomic E-state index is 6.09. The van der Waals surface area contributed by atoms with Crippen LogP contribution in [0.4, 0.5) is 0 Å². The predicted molar refractivity (Wildman–Crippen MR) is 102 cm³/mol. The molecule has 1 aromatic rings. The Balaban J connectivity index is 0.00000192. The van der Waals surface area contributed by atoms with Gasteiger partial charge in [-0.05, 0) is 37.8 Å². The van der Waals surface area contributed by atoms with Crippen LogP contribution < -0.4 is 10.6 Å². The van der Waals surface area contributed by atoms with E-state index in [4.69, 9.17) is 9.15 Å². The van der Waals surface area contributed by atoms with Gasteiger partial charge < -0.3 is 19.8 Å². The molecule has 1 spiro atoms. The van der Waals surface area contributed by atoms with E-state index >= 15 is 0 Å². The van der Waals surface area contributed by atoms with Crippen LogP contribution in [0.1, 0.15) is 44.3 Å². The zero-order valence-electron chi connectivity index (χ0n) is 13.8. The van der Waals surface area contributed by atoms with Crippen molar-refractivity contribution in [3.63, 3.8) is 0 Å². The van der Waals surface area contributed by atoms with Gasteiger partial charge in [0.1, 0.15) is 5.76 Å². The number of furan rings is 1. The molecular formula is C17H28IN3O2. The number of halogens is 1. The van der Waals surface area contributed by atoms with E-state index in [0.29, 0.717) is 6.04 Å². The number of nitrogens with one attached hydrogen (secondary N) is 2. The highest BCUT2D eigenvalue weighted by Gasteiger charge is 2.40. The normalized spacial score (nSPS) is 23.5. The van der Waals surface area contributed by atoms with E-state index in [2.05, 4.69) is 15.6 Å². The molecule has 1 saturated carbocycles. The van der Waals surface area contributed by atoms with Crippen LogP contribution in [-0.2, 0) is 11.2 Å². The summed E-state index contributed by atoms with van der Waals surface area (Å²) in [6.45, 7) is 1.68. The maximum Gasteiger partial charge on any atom is 0.191 e. The number of ether oxygens (including phenoxy) is 1. The molecule has 0 bridgehead atoms. The number of hydrogen-bond acceptors (Lipinski definition) is 3. The van der Waals surface area contributed by atoms with Gasteiger partial charge in [0, 0.05) is 32.7 Å². The summed E-state index contributed by atoms with van der Waals surface area (Å²) < 4.78 is 11.4. The average molecular weight is 433 g/mol. The number of rotatable bonds is 4. The van der Waals surface area contributed by atoms with Crippen molar-refractivity contribution in [2.45, 2.75) is 56.6 Å². The molecule has 3 rings (SSSR count). The second-order valence-electron chi connectivity index (χ2n) is 6.40. The molecule has 2 fully saturated rings. The quantitative estimate of drug-likeness (QED) is 0.436. The topological polar surface area (TPSA) is 58.8 Å². The summed E-state index contributed by atoms with van der Waals surface area (Å²) in [6, 6.07) is 4.38. The van der Waals surface area contributed by atoms with Crippen molar-refractivity contribution in [1.29, 1.82) is 0 Å². The third-order valence-electron chi connectivity index (χ3n) is 4.82. The number of hydrogen-bond donors (Lipinski definition) is 2. The summed E-state index contributed by atoms with van der Waals surface area (Å²) in [4.78, 5) is 4.34. The van der Waals surface area contributed by atoms with E-state index in [1.807, 2.05) is 19.2 Å². The van der Waals surface area contributed by atoms with Crippen LogP contribution in [0.5, 0.6) is 0 Å². The minimum atomic E-state index is 0. The molecule has 1 atom stereocenters. The Hall–Kier alpha value is -0.760. The number of nitrogens with zero attached hydrogens (tertiary/aromatic N) is 1. The lowest BCUT2D eigenvalue weighted by atomic mass is 9.89. The Labute approximate surface area is 155 Å². The summed E-state index contributed by atoms with van der Waals surface area (Å²) in [7, 11) is 1.83. The van der Waals surface area contributed by atoms with Gasteiger partial charge in [-0.15, -0.1) is 24.0 Å². The first kappa shape index (κ1) is 18.6. The second kappa shape index (κ2) is 8.92. The molecule has 0 amide bonds. The third kappa shape index (κ3) is 5.11. The fourth-order valence-corrected chi connectivity index (χ4v) is 3.67. The van der Waals surface area contributed by atoms with E-state index in [1.165, 1.54) is 25.7 Å². The first-order chi connectivity index (χ1) is 10.8. The molecular weight excluding hydrogens is 405 g/mol. The van der Waals surface area contributed by atoms with E-state index in [1.54, 1.807) is 6.26 Å². The van der Waals surface area contributed by atoms with Gasteiger partial charge in [-0.25, -0.2) is 0 Å². The molecule has 2 N–H and O–H groups in total.